The molecule has 1 aliphatic heterocycles. The van der Waals surface area contributed by atoms with Gasteiger partial charge in [-0.05, 0) is 63.4 Å². The Morgan fingerprint density at radius 2 is 1.68 bits per heavy atom. The molecule has 0 bridgehead atoms. The molecular formula is C24H21ClFN5. The molecule has 156 valence electrons. The number of nitrogens with zero attached hydrogens (tertiary/aromatic N) is 5. The van der Waals surface area contributed by atoms with Gasteiger partial charge in [-0.2, -0.15) is 0 Å². The normalized spacial score (nSPS) is 14.9. The Hall–Kier alpha value is -3.09. The first kappa shape index (κ1) is 19.8. The van der Waals surface area contributed by atoms with Gasteiger partial charge in [0.15, 0.2) is 5.82 Å². The molecule has 0 fully saturated rings. The second-order valence-corrected chi connectivity index (χ2v) is 8.20. The Morgan fingerprint density at radius 1 is 0.935 bits per heavy atom. The van der Waals surface area contributed by atoms with Gasteiger partial charge in [0.1, 0.15) is 5.82 Å². The zero-order valence-electron chi connectivity index (χ0n) is 16.8. The van der Waals surface area contributed by atoms with Gasteiger partial charge >= 0.3 is 0 Å². The van der Waals surface area contributed by atoms with Crippen LogP contribution in [-0.2, 0) is 19.5 Å². The van der Waals surface area contributed by atoms with E-state index in [0.717, 1.165) is 36.5 Å². The third-order valence-electron chi connectivity index (χ3n) is 5.76. The van der Waals surface area contributed by atoms with Crippen LogP contribution in [0.3, 0.4) is 0 Å². The highest BCUT2D eigenvalue weighted by molar-refractivity contribution is 6.30. The Bertz CT molecular complexity index is 1170. The largest absolute Gasteiger partial charge is 0.285 e. The van der Waals surface area contributed by atoms with Crippen molar-refractivity contribution < 1.29 is 4.39 Å². The third kappa shape index (κ3) is 4.22. The van der Waals surface area contributed by atoms with Gasteiger partial charge in [-0.15, -0.1) is 5.10 Å². The summed E-state index contributed by atoms with van der Waals surface area (Å²) in [6, 6.07) is 22.7. The molecule has 0 saturated heterocycles. The standard InChI is InChI=1S/C24H21ClFN5/c25-21-9-7-19(8-10-21)23(30-14-13-18-3-1-2-4-20(18)16-30)24-27-28-29-31(24)15-17-5-11-22(26)12-6-17/h1-12,23H,13-16H2. The molecule has 0 aliphatic carbocycles. The number of rotatable bonds is 5. The van der Waals surface area contributed by atoms with Gasteiger partial charge in [-0.3, -0.25) is 4.90 Å². The second-order valence-electron chi connectivity index (χ2n) is 7.76. The van der Waals surface area contributed by atoms with Crippen LogP contribution in [0.25, 0.3) is 0 Å². The Kier molecular flexibility index (Phi) is 5.49. The first-order chi connectivity index (χ1) is 15.2. The average Bonchev–Trinajstić information content (AvgIpc) is 3.24. The summed E-state index contributed by atoms with van der Waals surface area (Å²) in [5, 5.41) is 13.3. The van der Waals surface area contributed by atoms with Gasteiger partial charge in [0.05, 0.1) is 12.6 Å². The molecule has 5 nitrogen and oxygen atoms in total. The van der Waals surface area contributed by atoms with E-state index < -0.39 is 0 Å². The van der Waals surface area contributed by atoms with Crippen molar-refractivity contribution in [3.8, 4) is 0 Å². The number of benzene rings is 3. The van der Waals surface area contributed by atoms with Crippen molar-refractivity contribution >= 4 is 11.6 Å². The van der Waals surface area contributed by atoms with Crippen LogP contribution in [0.2, 0.25) is 5.02 Å². The summed E-state index contributed by atoms with van der Waals surface area (Å²) < 4.78 is 15.1. The summed E-state index contributed by atoms with van der Waals surface area (Å²) in [6.45, 7) is 2.18. The number of tetrazole rings is 1. The SMILES string of the molecule is Fc1ccc(Cn2nnnc2C(c2ccc(Cl)cc2)N2CCc3ccccc3C2)cc1. The lowest BCUT2D eigenvalue weighted by molar-refractivity contribution is 0.195. The summed E-state index contributed by atoms with van der Waals surface area (Å²) >= 11 is 6.16. The molecule has 0 amide bonds. The van der Waals surface area contributed by atoms with Crippen LogP contribution in [0.15, 0.2) is 72.8 Å². The second kappa shape index (κ2) is 8.57. The zero-order chi connectivity index (χ0) is 21.2. The molecule has 5 rings (SSSR count). The van der Waals surface area contributed by atoms with Crippen LogP contribution in [-0.4, -0.2) is 31.7 Å². The van der Waals surface area contributed by atoms with Gasteiger partial charge < -0.3 is 0 Å². The van der Waals surface area contributed by atoms with E-state index in [1.807, 2.05) is 24.3 Å². The van der Waals surface area contributed by atoms with E-state index in [0.29, 0.717) is 11.6 Å². The van der Waals surface area contributed by atoms with E-state index in [1.165, 1.54) is 23.3 Å². The molecule has 3 aromatic carbocycles. The van der Waals surface area contributed by atoms with Crippen LogP contribution in [0, 0.1) is 5.82 Å². The predicted molar refractivity (Wildman–Crippen MR) is 117 cm³/mol. The maximum atomic E-state index is 13.3. The fourth-order valence-corrected chi connectivity index (χ4v) is 4.31. The van der Waals surface area contributed by atoms with Crippen LogP contribution < -0.4 is 0 Å². The van der Waals surface area contributed by atoms with Crippen molar-refractivity contribution in [1.82, 2.24) is 25.1 Å². The highest BCUT2D eigenvalue weighted by atomic mass is 35.5. The quantitative estimate of drug-likeness (QED) is 0.459. The number of hydrogen-bond donors (Lipinski definition) is 0. The van der Waals surface area contributed by atoms with Crippen molar-refractivity contribution in [1.29, 1.82) is 0 Å². The van der Waals surface area contributed by atoms with E-state index in [-0.39, 0.29) is 11.9 Å². The summed E-state index contributed by atoms with van der Waals surface area (Å²) in [6.07, 6.45) is 0.972. The Labute approximate surface area is 185 Å². The molecule has 7 heteroatoms. The molecule has 4 aromatic rings. The van der Waals surface area contributed by atoms with Crippen LogP contribution in [0.1, 0.15) is 34.1 Å². The smallest absolute Gasteiger partial charge is 0.173 e. The third-order valence-corrected chi connectivity index (χ3v) is 6.01. The molecule has 1 unspecified atom stereocenters. The van der Waals surface area contributed by atoms with Gasteiger partial charge in [0.25, 0.3) is 0 Å². The van der Waals surface area contributed by atoms with Gasteiger partial charge in [0, 0.05) is 18.1 Å². The summed E-state index contributed by atoms with van der Waals surface area (Å²) in [5.41, 5.74) is 4.73. The average molecular weight is 434 g/mol. The highest BCUT2D eigenvalue weighted by Gasteiger charge is 2.30. The molecule has 0 spiro atoms. The number of fused-ring (bicyclic) bond motifs is 1. The number of hydrogen-bond acceptors (Lipinski definition) is 4. The Morgan fingerprint density at radius 3 is 2.45 bits per heavy atom. The lowest BCUT2D eigenvalue weighted by Gasteiger charge is -2.35. The summed E-state index contributed by atoms with van der Waals surface area (Å²) in [4.78, 5) is 2.40. The fourth-order valence-electron chi connectivity index (χ4n) is 4.19. The maximum Gasteiger partial charge on any atom is 0.173 e. The number of halogens is 2. The number of aromatic nitrogens is 4. The Balaban J connectivity index is 1.52. The minimum atomic E-state index is -0.258. The zero-order valence-corrected chi connectivity index (χ0v) is 17.6. The van der Waals surface area contributed by atoms with Crippen LogP contribution in [0.5, 0.6) is 0 Å². The molecule has 2 heterocycles. The van der Waals surface area contributed by atoms with Gasteiger partial charge in [0.2, 0.25) is 0 Å². The highest BCUT2D eigenvalue weighted by Crippen LogP contribution is 2.32. The molecular weight excluding hydrogens is 413 g/mol. The lowest BCUT2D eigenvalue weighted by atomic mass is 9.96. The van der Waals surface area contributed by atoms with Crippen molar-refractivity contribution in [2.24, 2.45) is 0 Å². The van der Waals surface area contributed by atoms with E-state index in [2.05, 4.69) is 44.7 Å². The van der Waals surface area contributed by atoms with Gasteiger partial charge in [-0.1, -0.05) is 60.1 Å². The summed E-state index contributed by atoms with van der Waals surface area (Å²) in [7, 11) is 0. The van der Waals surface area contributed by atoms with Crippen molar-refractivity contribution in [3.05, 3.63) is 112 Å². The topological polar surface area (TPSA) is 46.8 Å². The van der Waals surface area contributed by atoms with Crippen molar-refractivity contribution in [3.63, 3.8) is 0 Å². The summed E-state index contributed by atoms with van der Waals surface area (Å²) in [5.74, 6) is 0.498. The van der Waals surface area contributed by atoms with E-state index in [9.17, 15) is 4.39 Å². The minimum absolute atomic E-state index is 0.124. The van der Waals surface area contributed by atoms with Crippen LogP contribution in [0.4, 0.5) is 4.39 Å². The van der Waals surface area contributed by atoms with E-state index >= 15 is 0 Å². The monoisotopic (exact) mass is 433 g/mol. The predicted octanol–water partition coefficient (Wildman–Crippen LogP) is 4.66. The molecule has 1 atom stereocenters. The molecule has 0 N–H and O–H groups in total. The van der Waals surface area contributed by atoms with Crippen LogP contribution >= 0.6 is 11.6 Å². The molecule has 1 aliphatic rings. The van der Waals surface area contributed by atoms with Gasteiger partial charge in [-0.25, -0.2) is 9.07 Å². The first-order valence-electron chi connectivity index (χ1n) is 10.2. The fraction of sp³-hybridized carbons (Fsp3) is 0.208. The van der Waals surface area contributed by atoms with E-state index in [4.69, 9.17) is 11.6 Å². The minimum Gasteiger partial charge on any atom is -0.285 e. The molecule has 1 aromatic heterocycles. The molecule has 31 heavy (non-hydrogen) atoms. The first-order valence-corrected chi connectivity index (χ1v) is 10.6. The van der Waals surface area contributed by atoms with Crippen molar-refractivity contribution in [2.75, 3.05) is 6.54 Å². The maximum absolute atomic E-state index is 13.3. The molecule has 0 saturated carbocycles. The molecule has 0 radical (unpaired) electrons. The van der Waals surface area contributed by atoms with E-state index in [1.54, 1.807) is 16.8 Å². The lowest BCUT2D eigenvalue weighted by Crippen LogP contribution is -2.36. The van der Waals surface area contributed by atoms with Crippen molar-refractivity contribution in [2.45, 2.75) is 25.6 Å².